The number of hydrogen-bond donors (Lipinski definition) is 2. The quantitative estimate of drug-likeness (QED) is 0.626. The molecule has 0 aliphatic carbocycles. The second-order valence-corrected chi connectivity index (χ2v) is 2.33. The Labute approximate surface area is 92.3 Å². The smallest absolute Gasteiger partial charge is 0.339 e. The van der Waals surface area contributed by atoms with Crippen LogP contribution in [0.3, 0.4) is 0 Å². The maximum absolute atomic E-state index is 10.4. The van der Waals surface area contributed by atoms with Crippen molar-refractivity contribution in [1.29, 1.82) is 0 Å². The second kappa shape index (κ2) is 4.50. The summed E-state index contributed by atoms with van der Waals surface area (Å²) in [5.74, 6) is -1.30. The Hall–Kier alpha value is -0.510. The third kappa shape index (κ3) is 2.52. The molecule has 1 rings (SSSR count). The number of carboxylic acids is 1. The molecule has 1 aromatic rings. The molecule has 59 valence electrons. The van der Waals surface area contributed by atoms with Gasteiger partial charge in [-0.3, -0.25) is 0 Å². The van der Waals surface area contributed by atoms with Crippen LogP contribution in [-0.2, 0) is 0 Å². The first-order valence-corrected chi connectivity index (χ1v) is 3.14. The number of phenols is 1. The molecule has 4 heteroatoms. The monoisotopic (exact) mass is 175 g/mol. The van der Waals surface area contributed by atoms with Gasteiger partial charge in [-0.25, -0.2) is 4.79 Å². The van der Waals surface area contributed by atoms with Crippen molar-refractivity contribution in [2.75, 3.05) is 0 Å². The molecule has 0 saturated heterocycles. The van der Waals surface area contributed by atoms with Crippen LogP contribution in [0.4, 0.5) is 0 Å². The van der Waals surface area contributed by atoms with E-state index >= 15 is 0 Å². The third-order valence-electron chi connectivity index (χ3n) is 1.38. The van der Waals surface area contributed by atoms with Crippen molar-refractivity contribution >= 4 is 35.5 Å². The number of aromatic carboxylic acids is 1. The minimum absolute atomic E-state index is 0. The van der Waals surface area contributed by atoms with E-state index in [1.54, 1.807) is 13.0 Å². The van der Waals surface area contributed by atoms with Crippen molar-refractivity contribution in [2.24, 2.45) is 0 Å². The molecule has 0 aliphatic rings. The number of hydrogen-bond acceptors (Lipinski definition) is 2. The van der Waals surface area contributed by atoms with Crippen LogP contribution >= 0.6 is 0 Å². The van der Waals surface area contributed by atoms with Crippen LogP contribution in [0.1, 0.15) is 15.9 Å². The molecule has 0 aliphatic heterocycles. The van der Waals surface area contributed by atoms with Gasteiger partial charge >= 0.3 is 5.97 Å². The number of carboxylic acid groups (broad SMARTS) is 1. The molecule has 0 saturated carbocycles. The van der Waals surface area contributed by atoms with E-state index in [0.29, 0.717) is 0 Å². The fraction of sp³-hybridized carbons (Fsp3) is 0.125. The van der Waals surface area contributed by atoms with Crippen LogP contribution in [0.2, 0.25) is 0 Å². The molecule has 1 radical (unpaired) electrons. The van der Waals surface area contributed by atoms with E-state index in [9.17, 15) is 4.79 Å². The van der Waals surface area contributed by atoms with E-state index in [0.717, 1.165) is 5.56 Å². The Bertz CT molecular complexity index is 296. The molecule has 0 heterocycles. The van der Waals surface area contributed by atoms with Gasteiger partial charge < -0.3 is 10.2 Å². The number of aryl methyl sites for hydroxylation is 1. The molecule has 1 aromatic carbocycles. The zero-order valence-corrected chi connectivity index (χ0v) is 9.03. The summed E-state index contributed by atoms with van der Waals surface area (Å²) in [6, 6.07) is 4.46. The molecule has 0 aromatic heterocycles. The number of aromatic hydroxyl groups is 1. The summed E-state index contributed by atoms with van der Waals surface area (Å²) >= 11 is 0. The fourth-order valence-corrected chi connectivity index (χ4v) is 0.821. The van der Waals surface area contributed by atoms with Gasteiger partial charge in [-0.1, -0.05) is 11.6 Å². The summed E-state index contributed by atoms with van der Waals surface area (Å²) in [7, 11) is 0. The van der Waals surface area contributed by atoms with Gasteiger partial charge in [0.15, 0.2) is 0 Å². The Kier molecular flexibility index (Phi) is 4.31. The van der Waals surface area contributed by atoms with Gasteiger partial charge in [0.25, 0.3) is 0 Å². The summed E-state index contributed by atoms with van der Waals surface area (Å²) in [5.41, 5.74) is 0.769. The molecule has 0 atom stereocenters. The van der Waals surface area contributed by atoms with Gasteiger partial charge in [-0.05, 0) is 19.1 Å². The molecule has 0 fully saturated rings. The summed E-state index contributed by atoms with van der Waals surface area (Å²) in [4.78, 5) is 10.4. The topological polar surface area (TPSA) is 57.5 Å². The molecular weight excluding hydrogens is 167 g/mol. The average Bonchev–Trinajstić information content (AvgIpc) is 1.94. The van der Waals surface area contributed by atoms with E-state index in [2.05, 4.69) is 0 Å². The first kappa shape index (κ1) is 11.5. The summed E-state index contributed by atoms with van der Waals surface area (Å²) in [6.45, 7) is 1.77. The third-order valence-corrected chi connectivity index (χ3v) is 1.38. The van der Waals surface area contributed by atoms with Gasteiger partial charge in [0.2, 0.25) is 0 Å². The van der Waals surface area contributed by atoms with Crippen molar-refractivity contribution in [2.45, 2.75) is 6.92 Å². The predicted molar refractivity (Wildman–Crippen MR) is 45.6 cm³/mol. The van der Waals surface area contributed by atoms with Crippen molar-refractivity contribution in [3.05, 3.63) is 29.3 Å². The van der Waals surface area contributed by atoms with Gasteiger partial charge in [0.05, 0.1) is 0 Å². The SMILES string of the molecule is Cc1ccc(O)c(C(=O)O)c1.[Na]. The summed E-state index contributed by atoms with van der Waals surface area (Å²) in [5, 5.41) is 17.6. The maximum Gasteiger partial charge on any atom is 0.339 e. The largest absolute Gasteiger partial charge is 0.507 e. The summed E-state index contributed by atoms with van der Waals surface area (Å²) in [6.07, 6.45) is 0. The minimum Gasteiger partial charge on any atom is -0.507 e. The predicted octanol–water partition coefficient (Wildman–Crippen LogP) is 1.02. The second-order valence-electron chi connectivity index (χ2n) is 2.33. The van der Waals surface area contributed by atoms with Crippen molar-refractivity contribution in [3.8, 4) is 5.75 Å². The van der Waals surface area contributed by atoms with E-state index in [1.807, 2.05) is 0 Å². The number of benzene rings is 1. The Morgan fingerprint density at radius 2 is 2.00 bits per heavy atom. The fourth-order valence-electron chi connectivity index (χ4n) is 0.821. The minimum atomic E-state index is -1.11. The van der Waals surface area contributed by atoms with Crippen LogP contribution in [0.25, 0.3) is 0 Å². The van der Waals surface area contributed by atoms with Gasteiger partial charge in [0.1, 0.15) is 11.3 Å². The molecule has 3 nitrogen and oxygen atoms in total. The zero-order chi connectivity index (χ0) is 8.43. The van der Waals surface area contributed by atoms with Crippen LogP contribution in [-0.4, -0.2) is 45.7 Å². The molecule has 0 unspecified atom stereocenters. The van der Waals surface area contributed by atoms with Crippen LogP contribution < -0.4 is 0 Å². The summed E-state index contributed by atoms with van der Waals surface area (Å²) < 4.78 is 0. The Morgan fingerprint density at radius 1 is 1.42 bits per heavy atom. The van der Waals surface area contributed by atoms with Gasteiger partial charge in [-0.2, -0.15) is 0 Å². The first-order valence-electron chi connectivity index (χ1n) is 3.14. The molecular formula is C8H8NaO3. The van der Waals surface area contributed by atoms with Crippen LogP contribution in [0.5, 0.6) is 5.75 Å². The molecule has 12 heavy (non-hydrogen) atoms. The van der Waals surface area contributed by atoms with Crippen molar-refractivity contribution in [1.82, 2.24) is 0 Å². The Morgan fingerprint density at radius 3 is 2.42 bits per heavy atom. The van der Waals surface area contributed by atoms with E-state index in [-0.39, 0.29) is 40.9 Å². The van der Waals surface area contributed by atoms with Crippen molar-refractivity contribution < 1.29 is 15.0 Å². The number of rotatable bonds is 1. The van der Waals surface area contributed by atoms with Crippen LogP contribution in [0.15, 0.2) is 18.2 Å². The zero-order valence-electron chi connectivity index (χ0n) is 7.03. The van der Waals surface area contributed by atoms with E-state index in [4.69, 9.17) is 10.2 Å². The Balaban J connectivity index is 0.00000121. The molecule has 0 spiro atoms. The van der Waals surface area contributed by atoms with E-state index in [1.165, 1.54) is 12.1 Å². The number of carbonyl (C=O) groups is 1. The molecule has 2 N–H and O–H groups in total. The van der Waals surface area contributed by atoms with Crippen molar-refractivity contribution in [3.63, 3.8) is 0 Å². The molecule has 0 amide bonds. The normalized spacial score (nSPS) is 8.75. The molecule has 0 bridgehead atoms. The van der Waals surface area contributed by atoms with Gasteiger partial charge in [0, 0.05) is 29.6 Å². The standard InChI is InChI=1S/C8H8O3.Na/c1-5-2-3-7(9)6(4-5)8(10)11;/h2-4,9H,1H3,(H,10,11);. The first-order chi connectivity index (χ1) is 5.11. The van der Waals surface area contributed by atoms with E-state index < -0.39 is 5.97 Å². The average molecular weight is 175 g/mol. The van der Waals surface area contributed by atoms with Gasteiger partial charge in [-0.15, -0.1) is 0 Å². The maximum atomic E-state index is 10.4. The van der Waals surface area contributed by atoms with Crippen LogP contribution in [0, 0.1) is 6.92 Å².